The Hall–Kier alpha value is -0.960. The highest BCUT2D eigenvalue weighted by atomic mass is 19.3. The molecule has 0 saturated carbocycles. The summed E-state index contributed by atoms with van der Waals surface area (Å²) in [6, 6.07) is 8.70. The number of benzene rings is 1. The maximum absolute atomic E-state index is 13.4. The molecule has 0 amide bonds. The molecule has 1 rings (SSSR count). The number of aliphatic hydroxyl groups is 1. The van der Waals surface area contributed by atoms with Crippen LogP contribution in [0.25, 0.3) is 0 Å². The van der Waals surface area contributed by atoms with Gasteiger partial charge in [-0.2, -0.15) is 0 Å². The number of hydrogen-bond acceptors (Lipinski definition) is 1. The zero-order valence-electron chi connectivity index (χ0n) is 8.71. The van der Waals surface area contributed by atoms with Crippen LogP contribution in [-0.4, -0.2) is 11.0 Å². The molecule has 1 unspecified atom stereocenters. The van der Waals surface area contributed by atoms with Gasteiger partial charge in [-0.15, -0.1) is 0 Å². The number of halogens is 2. The first-order valence-corrected chi connectivity index (χ1v) is 5.10. The standard InChI is InChI=1S/C12H15F2O/c1-2-3-9-12(13,14)11(15)10-7-5-4-6-8-10/h5-8,11,15H,2-3,9H2,1H3. The maximum atomic E-state index is 13.4. The summed E-state index contributed by atoms with van der Waals surface area (Å²) in [7, 11) is 0. The van der Waals surface area contributed by atoms with E-state index in [0.717, 1.165) is 0 Å². The van der Waals surface area contributed by atoms with Crippen LogP contribution in [-0.2, 0) is 0 Å². The van der Waals surface area contributed by atoms with Crippen molar-refractivity contribution in [3.8, 4) is 0 Å². The molecule has 1 radical (unpaired) electrons. The van der Waals surface area contributed by atoms with E-state index in [4.69, 9.17) is 0 Å². The number of rotatable bonds is 5. The molecular weight excluding hydrogens is 198 g/mol. The van der Waals surface area contributed by atoms with Crippen molar-refractivity contribution in [3.05, 3.63) is 35.9 Å². The molecule has 0 bridgehead atoms. The van der Waals surface area contributed by atoms with Crippen molar-refractivity contribution in [2.45, 2.75) is 38.2 Å². The lowest BCUT2D eigenvalue weighted by molar-refractivity contribution is -0.116. The van der Waals surface area contributed by atoms with Crippen LogP contribution in [0.2, 0.25) is 0 Å². The molecule has 15 heavy (non-hydrogen) atoms. The average molecular weight is 213 g/mol. The van der Waals surface area contributed by atoms with Gasteiger partial charge in [0.1, 0.15) is 6.10 Å². The third-order valence-corrected chi connectivity index (χ3v) is 2.32. The Balaban J connectivity index is 2.70. The quantitative estimate of drug-likeness (QED) is 0.795. The summed E-state index contributed by atoms with van der Waals surface area (Å²) in [5.41, 5.74) is 0.245. The molecular formula is C12H15F2O. The molecule has 0 spiro atoms. The van der Waals surface area contributed by atoms with Gasteiger partial charge in [0.05, 0.1) is 0 Å². The highest BCUT2D eigenvalue weighted by Gasteiger charge is 2.38. The second-order valence-electron chi connectivity index (χ2n) is 3.60. The molecule has 0 aliphatic rings. The minimum Gasteiger partial charge on any atom is -0.382 e. The molecule has 1 atom stereocenters. The van der Waals surface area contributed by atoms with Crippen LogP contribution in [0.1, 0.15) is 37.9 Å². The lowest BCUT2D eigenvalue weighted by Crippen LogP contribution is -2.26. The van der Waals surface area contributed by atoms with Crippen LogP contribution in [0.5, 0.6) is 0 Å². The van der Waals surface area contributed by atoms with Crippen LogP contribution in [0, 0.1) is 6.07 Å². The van der Waals surface area contributed by atoms with E-state index in [1.165, 1.54) is 24.3 Å². The lowest BCUT2D eigenvalue weighted by atomic mass is 9.99. The van der Waals surface area contributed by atoms with Gasteiger partial charge in [-0.05, 0) is 18.1 Å². The van der Waals surface area contributed by atoms with Gasteiger partial charge in [-0.25, -0.2) is 8.78 Å². The summed E-state index contributed by atoms with van der Waals surface area (Å²) >= 11 is 0. The first-order chi connectivity index (χ1) is 7.08. The van der Waals surface area contributed by atoms with Crippen molar-refractivity contribution in [1.82, 2.24) is 0 Å². The molecule has 0 aromatic heterocycles. The predicted octanol–water partition coefficient (Wildman–Crippen LogP) is 3.35. The van der Waals surface area contributed by atoms with Crippen molar-refractivity contribution in [1.29, 1.82) is 0 Å². The van der Waals surface area contributed by atoms with Crippen molar-refractivity contribution in [2.75, 3.05) is 0 Å². The SMILES string of the molecule is CCCCC(F)(F)C(O)c1cc[c]cc1. The van der Waals surface area contributed by atoms with E-state index in [1.807, 2.05) is 6.92 Å². The van der Waals surface area contributed by atoms with Crippen LogP contribution in [0.3, 0.4) is 0 Å². The topological polar surface area (TPSA) is 20.2 Å². The summed E-state index contributed by atoms with van der Waals surface area (Å²) in [6.07, 6.45) is -0.865. The fourth-order valence-electron chi connectivity index (χ4n) is 1.38. The molecule has 3 heteroatoms. The minimum atomic E-state index is -3.04. The monoisotopic (exact) mass is 213 g/mol. The fourth-order valence-corrected chi connectivity index (χ4v) is 1.38. The number of unbranched alkanes of at least 4 members (excludes halogenated alkanes) is 1. The Kier molecular flexibility index (Phi) is 4.21. The van der Waals surface area contributed by atoms with Crippen LogP contribution < -0.4 is 0 Å². The van der Waals surface area contributed by atoms with E-state index in [1.54, 1.807) is 0 Å². The summed E-state index contributed by atoms with van der Waals surface area (Å²) in [6.45, 7) is 1.85. The van der Waals surface area contributed by atoms with Gasteiger partial charge in [0.15, 0.2) is 0 Å². The second kappa shape index (κ2) is 5.21. The molecule has 0 aliphatic heterocycles. The first kappa shape index (κ1) is 12.1. The largest absolute Gasteiger partial charge is 0.382 e. The summed E-state index contributed by atoms with van der Waals surface area (Å²) in [5, 5.41) is 9.51. The molecule has 83 valence electrons. The highest BCUT2D eigenvalue weighted by Crippen LogP contribution is 2.35. The number of hydrogen-bond donors (Lipinski definition) is 1. The fraction of sp³-hybridized carbons (Fsp3) is 0.500. The zero-order valence-corrected chi connectivity index (χ0v) is 8.71. The molecule has 1 aromatic rings. The first-order valence-electron chi connectivity index (χ1n) is 5.10. The average Bonchev–Trinajstić information content (AvgIpc) is 2.26. The molecule has 0 fully saturated rings. The molecule has 0 heterocycles. The van der Waals surface area contributed by atoms with Crippen molar-refractivity contribution in [2.24, 2.45) is 0 Å². The normalized spacial score (nSPS) is 13.9. The Bertz CT molecular complexity index is 285. The van der Waals surface area contributed by atoms with Crippen LogP contribution >= 0.6 is 0 Å². The van der Waals surface area contributed by atoms with Gasteiger partial charge in [0.2, 0.25) is 0 Å². The second-order valence-corrected chi connectivity index (χ2v) is 3.60. The van der Waals surface area contributed by atoms with E-state index < -0.39 is 12.0 Å². The van der Waals surface area contributed by atoms with Gasteiger partial charge in [0, 0.05) is 6.42 Å². The summed E-state index contributed by atoms with van der Waals surface area (Å²) < 4.78 is 26.9. The minimum absolute atomic E-state index is 0.245. The molecule has 1 nitrogen and oxygen atoms in total. The van der Waals surface area contributed by atoms with Gasteiger partial charge >= 0.3 is 0 Å². The van der Waals surface area contributed by atoms with Crippen molar-refractivity contribution < 1.29 is 13.9 Å². The van der Waals surface area contributed by atoms with Gasteiger partial charge in [0.25, 0.3) is 5.92 Å². The molecule has 0 aliphatic carbocycles. The van der Waals surface area contributed by atoms with E-state index in [0.29, 0.717) is 12.8 Å². The summed E-state index contributed by atoms with van der Waals surface area (Å²) in [5.74, 6) is -3.04. The Morgan fingerprint density at radius 1 is 1.40 bits per heavy atom. The zero-order chi connectivity index (χ0) is 11.3. The van der Waals surface area contributed by atoms with Crippen molar-refractivity contribution >= 4 is 0 Å². The smallest absolute Gasteiger partial charge is 0.277 e. The Morgan fingerprint density at radius 3 is 2.53 bits per heavy atom. The molecule has 1 aromatic carbocycles. The lowest BCUT2D eigenvalue weighted by Gasteiger charge is -2.22. The van der Waals surface area contributed by atoms with Crippen LogP contribution in [0.4, 0.5) is 8.78 Å². The van der Waals surface area contributed by atoms with E-state index >= 15 is 0 Å². The predicted molar refractivity (Wildman–Crippen MR) is 54.7 cm³/mol. The highest BCUT2D eigenvalue weighted by molar-refractivity contribution is 5.18. The molecule has 0 saturated heterocycles. The maximum Gasteiger partial charge on any atom is 0.277 e. The Morgan fingerprint density at radius 2 is 2.00 bits per heavy atom. The van der Waals surface area contributed by atoms with Crippen LogP contribution in [0.15, 0.2) is 24.3 Å². The van der Waals surface area contributed by atoms with Crippen molar-refractivity contribution in [3.63, 3.8) is 0 Å². The number of aliphatic hydroxyl groups excluding tert-OH is 1. The third kappa shape index (κ3) is 3.27. The third-order valence-electron chi connectivity index (χ3n) is 2.32. The van der Waals surface area contributed by atoms with E-state index in [-0.39, 0.29) is 12.0 Å². The van der Waals surface area contributed by atoms with E-state index in [9.17, 15) is 13.9 Å². The van der Waals surface area contributed by atoms with Gasteiger partial charge in [-0.3, -0.25) is 0 Å². The Labute approximate surface area is 88.7 Å². The number of alkyl halides is 2. The molecule has 1 N–H and O–H groups in total. The van der Waals surface area contributed by atoms with Gasteiger partial charge < -0.3 is 5.11 Å². The summed E-state index contributed by atoms with van der Waals surface area (Å²) in [4.78, 5) is 0. The van der Waals surface area contributed by atoms with E-state index in [2.05, 4.69) is 6.07 Å². The van der Waals surface area contributed by atoms with Gasteiger partial charge in [-0.1, -0.05) is 37.6 Å².